The number of rotatable bonds is 6. The summed E-state index contributed by atoms with van der Waals surface area (Å²) in [5, 5.41) is 2.94. The van der Waals surface area contributed by atoms with Crippen molar-refractivity contribution in [3.63, 3.8) is 0 Å². The fourth-order valence-corrected chi connectivity index (χ4v) is 2.05. The molecule has 5 nitrogen and oxygen atoms in total. The molecule has 1 N–H and O–H groups in total. The van der Waals surface area contributed by atoms with Gasteiger partial charge < -0.3 is 10.2 Å². The van der Waals surface area contributed by atoms with Crippen LogP contribution in [0.3, 0.4) is 0 Å². The lowest BCUT2D eigenvalue weighted by Crippen LogP contribution is -2.31. The summed E-state index contributed by atoms with van der Waals surface area (Å²) in [6.45, 7) is 5.34. The van der Waals surface area contributed by atoms with Gasteiger partial charge in [0.2, 0.25) is 5.95 Å². The SMILES string of the molecule is CCN(CC)C(=O)c1ccnc(NCc2ccccc2F)n1. The predicted octanol–water partition coefficient (Wildman–Crippen LogP) is 2.71. The zero-order valence-electron chi connectivity index (χ0n) is 12.7. The standard InChI is InChI=1S/C16H19FN4O/c1-3-21(4-2)15(22)14-9-10-18-16(20-14)19-11-12-7-5-6-8-13(12)17/h5-10H,3-4,11H2,1-2H3,(H,18,19,20). The molecule has 0 aliphatic rings. The van der Waals surface area contributed by atoms with Gasteiger partial charge >= 0.3 is 0 Å². The maximum absolute atomic E-state index is 13.6. The van der Waals surface area contributed by atoms with Crippen molar-refractivity contribution in [2.45, 2.75) is 20.4 Å². The normalized spacial score (nSPS) is 10.3. The molecule has 0 spiro atoms. The summed E-state index contributed by atoms with van der Waals surface area (Å²) in [7, 11) is 0. The van der Waals surface area contributed by atoms with Gasteiger partial charge in [0.15, 0.2) is 0 Å². The molecule has 0 saturated heterocycles. The molecule has 1 aromatic heterocycles. The van der Waals surface area contributed by atoms with Gasteiger partial charge in [-0.05, 0) is 26.0 Å². The molecule has 0 atom stereocenters. The van der Waals surface area contributed by atoms with E-state index in [9.17, 15) is 9.18 Å². The number of hydrogen-bond donors (Lipinski definition) is 1. The molecule has 6 heteroatoms. The Morgan fingerprint density at radius 3 is 2.64 bits per heavy atom. The quantitative estimate of drug-likeness (QED) is 0.891. The first-order chi connectivity index (χ1) is 10.7. The molecule has 0 saturated carbocycles. The molecule has 2 aromatic rings. The topological polar surface area (TPSA) is 58.1 Å². The molecule has 22 heavy (non-hydrogen) atoms. The lowest BCUT2D eigenvalue weighted by Gasteiger charge is -2.18. The summed E-state index contributed by atoms with van der Waals surface area (Å²) in [5.41, 5.74) is 0.848. The van der Waals surface area contributed by atoms with Crippen LogP contribution in [0.2, 0.25) is 0 Å². The number of nitrogens with zero attached hydrogens (tertiary/aromatic N) is 3. The average molecular weight is 302 g/mol. The first-order valence-electron chi connectivity index (χ1n) is 7.25. The number of nitrogens with one attached hydrogen (secondary N) is 1. The Morgan fingerprint density at radius 1 is 1.23 bits per heavy atom. The Labute approximate surface area is 129 Å². The van der Waals surface area contributed by atoms with Crippen LogP contribution in [0.5, 0.6) is 0 Å². The van der Waals surface area contributed by atoms with Crippen LogP contribution in [0, 0.1) is 5.82 Å². The largest absolute Gasteiger partial charge is 0.350 e. The number of anilines is 1. The summed E-state index contributed by atoms with van der Waals surface area (Å²) >= 11 is 0. The van der Waals surface area contributed by atoms with Gasteiger partial charge in [-0.15, -0.1) is 0 Å². The van der Waals surface area contributed by atoms with Gasteiger partial charge in [0, 0.05) is 31.4 Å². The molecule has 1 heterocycles. The molecule has 0 aliphatic carbocycles. The number of aromatic nitrogens is 2. The molecular weight excluding hydrogens is 283 g/mol. The number of halogens is 1. The minimum absolute atomic E-state index is 0.138. The Bertz CT molecular complexity index is 644. The first-order valence-corrected chi connectivity index (χ1v) is 7.25. The predicted molar refractivity (Wildman–Crippen MR) is 83.0 cm³/mol. The van der Waals surface area contributed by atoms with Gasteiger partial charge in [-0.1, -0.05) is 18.2 Å². The molecule has 1 amide bonds. The third-order valence-corrected chi connectivity index (χ3v) is 3.32. The summed E-state index contributed by atoms with van der Waals surface area (Å²) in [6.07, 6.45) is 1.52. The number of hydrogen-bond acceptors (Lipinski definition) is 4. The fourth-order valence-electron chi connectivity index (χ4n) is 2.05. The Hall–Kier alpha value is -2.50. The average Bonchev–Trinajstić information content (AvgIpc) is 2.55. The summed E-state index contributed by atoms with van der Waals surface area (Å²) in [6, 6.07) is 8.07. The van der Waals surface area contributed by atoms with Crippen molar-refractivity contribution in [1.82, 2.24) is 14.9 Å². The van der Waals surface area contributed by atoms with E-state index in [4.69, 9.17) is 0 Å². The maximum atomic E-state index is 13.6. The summed E-state index contributed by atoms with van der Waals surface area (Å²) in [5.74, 6) is -0.118. The van der Waals surface area contributed by atoms with Crippen molar-refractivity contribution in [3.05, 3.63) is 53.6 Å². The van der Waals surface area contributed by atoms with Crippen LogP contribution < -0.4 is 5.32 Å². The van der Waals surface area contributed by atoms with E-state index in [1.165, 1.54) is 12.3 Å². The Morgan fingerprint density at radius 2 is 1.95 bits per heavy atom. The number of carbonyl (C=O) groups is 1. The van der Waals surface area contributed by atoms with Gasteiger partial charge in [-0.2, -0.15) is 0 Å². The van der Waals surface area contributed by atoms with E-state index in [-0.39, 0.29) is 18.3 Å². The molecule has 0 bridgehead atoms. The highest BCUT2D eigenvalue weighted by Gasteiger charge is 2.14. The van der Waals surface area contributed by atoms with Crippen LogP contribution in [0.15, 0.2) is 36.5 Å². The highest BCUT2D eigenvalue weighted by Crippen LogP contribution is 2.09. The van der Waals surface area contributed by atoms with Crippen LogP contribution >= 0.6 is 0 Å². The van der Waals surface area contributed by atoms with Crippen LogP contribution in [0.25, 0.3) is 0 Å². The second-order valence-electron chi connectivity index (χ2n) is 4.69. The second-order valence-corrected chi connectivity index (χ2v) is 4.69. The van der Waals surface area contributed by atoms with Crippen LogP contribution in [-0.2, 0) is 6.54 Å². The van der Waals surface area contributed by atoms with E-state index in [0.717, 1.165) is 0 Å². The van der Waals surface area contributed by atoms with Crippen molar-refractivity contribution in [1.29, 1.82) is 0 Å². The van der Waals surface area contributed by atoms with Gasteiger partial charge in [0.25, 0.3) is 5.91 Å². The molecule has 1 aromatic carbocycles. The highest BCUT2D eigenvalue weighted by molar-refractivity contribution is 5.92. The van der Waals surface area contributed by atoms with Gasteiger partial charge in [-0.25, -0.2) is 14.4 Å². The zero-order valence-corrected chi connectivity index (χ0v) is 12.7. The first kappa shape index (κ1) is 15.9. The number of carbonyl (C=O) groups excluding carboxylic acids is 1. The van der Waals surface area contributed by atoms with Crippen LogP contribution in [0.1, 0.15) is 29.9 Å². The second kappa shape index (κ2) is 7.49. The molecular formula is C16H19FN4O. The lowest BCUT2D eigenvalue weighted by molar-refractivity contribution is 0.0767. The fraction of sp³-hybridized carbons (Fsp3) is 0.312. The van der Waals surface area contributed by atoms with Crippen LogP contribution in [0.4, 0.5) is 10.3 Å². The zero-order chi connectivity index (χ0) is 15.9. The van der Waals surface area contributed by atoms with Crippen LogP contribution in [-0.4, -0.2) is 33.9 Å². The van der Waals surface area contributed by atoms with Gasteiger partial charge in [-0.3, -0.25) is 4.79 Å². The third kappa shape index (κ3) is 3.78. The smallest absolute Gasteiger partial charge is 0.272 e. The molecule has 2 rings (SSSR count). The van der Waals surface area contributed by atoms with Gasteiger partial charge in [0.1, 0.15) is 11.5 Å². The van der Waals surface area contributed by atoms with Gasteiger partial charge in [0.05, 0.1) is 0 Å². The monoisotopic (exact) mass is 302 g/mol. The van der Waals surface area contributed by atoms with E-state index < -0.39 is 0 Å². The minimum atomic E-state index is -0.287. The third-order valence-electron chi connectivity index (χ3n) is 3.32. The molecule has 0 radical (unpaired) electrons. The van der Waals surface area contributed by atoms with Crippen molar-refractivity contribution in [2.75, 3.05) is 18.4 Å². The van der Waals surface area contributed by atoms with E-state index >= 15 is 0 Å². The Kier molecular flexibility index (Phi) is 5.41. The van der Waals surface area contributed by atoms with Crippen molar-refractivity contribution in [3.8, 4) is 0 Å². The maximum Gasteiger partial charge on any atom is 0.272 e. The lowest BCUT2D eigenvalue weighted by atomic mass is 10.2. The molecule has 0 fully saturated rings. The molecule has 116 valence electrons. The highest BCUT2D eigenvalue weighted by atomic mass is 19.1. The van der Waals surface area contributed by atoms with Crippen molar-refractivity contribution in [2.24, 2.45) is 0 Å². The minimum Gasteiger partial charge on any atom is -0.350 e. The van der Waals surface area contributed by atoms with E-state index in [0.29, 0.717) is 30.3 Å². The summed E-state index contributed by atoms with van der Waals surface area (Å²) < 4.78 is 13.6. The summed E-state index contributed by atoms with van der Waals surface area (Å²) in [4.78, 5) is 22.2. The Balaban J connectivity index is 2.09. The van der Waals surface area contributed by atoms with E-state index in [1.54, 1.807) is 29.2 Å². The number of benzene rings is 1. The van der Waals surface area contributed by atoms with E-state index in [2.05, 4.69) is 15.3 Å². The number of amides is 1. The molecule has 0 unspecified atom stereocenters. The van der Waals surface area contributed by atoms with E-state index in [1.807, 2.05) is 13.8 Å². The molecule has 0 aliphatic heterocycles. The van der Waals surface area contributed by atoms with Crippen molar-refractivity contribution < 1.29 is 9.18 Å². The van der Waals surface area contributed by atoms with Crippen molar-refractivity contribution >= 4 is 11.9 Å².